The monoisotopic (exact) mass is 521 g/mol. The average molecular weight is 522 g/mol. The third-order valence-electron chi connectivity index (χ3n) is 6.32. The van der Waals surface area contributed by atoms with Gasteiger partial charge < -0.3 is 19.5 Å². The lowest BCUT2D eigenvalue weighted by atomic mass is 9.98. The highest BCUT2D eigenvalue weighted by molar-refractivity contribution is 8.26. The number of hydrogen-bond acceptors (Lipinski definition) is 8. The van der Waals surface area contributed by atoms with Crippen molar-refractivity contribution >= 4 is 51.2 Å². The van der Waals surface area contributed by atoms with E-state index in [9.17, 15) is 4.79 Å². The van der Waals surface area contributed by atoms with Crippen LogP contribution in [0.4, 0.5) is 0 Å². The summed E-state index contributed by atoms with van der Waals surface area (Å²) in [7, 11) is 3.31. The van der Waals surface area contributed by atoms with Crippen molar-refractivity contribution in [3.63, 3.8) is 0 Å². The third kappa shape index (κ3) is 5.39. The topological polar surface area (TPSA) is 72.9 Å². The lowest BCUT2D eigenvalue weighted by molar-refractivity contribution is -0.115. The molecule has 0 aliphatic carbocycles. The van der Waals surface area contributed by atoms with Gasteiger partial charge in [0.2, 0.25) is 0 Å². The number of fused-ring (bicyclic) bond motifs is 1. The minimum absolute atomic E-state index is 0.176. The molecule has 0 bridgehead atoms. The second-order valence-electron chi connectivity index (χ2n) is 8.57. The fourth-order valence-electron chi connectivity index (χ4n) is 4.42. The zero-order valence-corrected chi connectivity index (χ0v) is 21.8. The summed E-state index contributed by atoms with van der Waals surface area (Å²) in [5, 5.41) is 3.73. The number of hydrogen-bond donors (Lipinski definition) is 1. The molecule has 5 rings (SSSR count). The number of pyridine rings is 1. The highest BCUT2D eigenvalue weighted by atomic mass is 32.2. The Hall–Kier alpha value is -2.98. The van der Waals surface area contributed by atoms with Crippen molar-refractivity contribution in [2.45, 2.75) is 6.42 Å². The van der Waals surface area contributed by atoms with E-state index >= 15 is 0 Å². The molecule has 0 atom stereocenters. The van der Waals surface area contributed by atoms with E-state index in [1.54, 1.807) is 14.2 Å². The van der Waals surface area contributed by atoms with Gasteiger partial charge in [-0.1, -0.05) is 30.0 Å². The van der Waals surface area contributed by atoms with Gasteiger partial charge in [0, 0.05) is 36.7 Å². The SMILES string of the molecule is COc1ccc2cc(CCN3CCOCC3)c(-c3cc(/C=C4\SC(=S)NC4=O)ccc3OC)nc2c1. The fourth-order valence-corrected chi connectivity index (χ4v) is 5.46. The molecule has 2 fully saturated rings. The van der Waals surface area contributed by atoms with Crippen LogP contribution in [-0.2, 0) is 16.0 Å². The first-order chi connectivity index (χ1) is 17.5. The van der Waals surface area contributed by atoms with E-state index in [0.29, 0.717) is 9.23 Å². The maximum Gasteiger partial charge on any atom is 0.263 e. The zero-order valence-electron chi connectivity index (χ0n) is 20.2. The van der Waals surface area contributed by atoms with Gasteiger partial charge >= 0.3 is 0 Å². The molecule has 0 spiro atoms. The summed E-state index contributed by atoms with van der Waals surface area (Å²) in [6, 6.07) is 14.0. The number of carbonyl (C=O) groups is 1. The number of morpholine rings is 1. The number of amides is 1. The van der Waals surface area contributed by atoms with Crippen LogP contribution in [0.5, 0.6) is 11.5 Å². The van der Waals surface area contributed by atoms with Crippen LogP contribution in [0.2, 0.25) is 0 Å². The van der Waals surface area contributed by atoms with Crippen LogP contribution < -0.4 is 14.8 Å². The number of nitrogens with zero attached hydrogens (tertiary/aromatic N) is 2. The van der Waals surface area contributed by atoms with Crippen LogP contribution in [-0.4, -0.2) is 67.2 Å². The minimum Gasteiger partial charge on any atom is -0.497 e. The maximum absolute atomic E-state index is 12.2. The molecule has 9 heteroatoms. The van der Waals surface area contributed by atoms with Crippen molar-refractivity contribution in [3.8, 4) is 22.8 Å². The van der Waals surface area contributed by atoms with E-state index in [1.165, 1.54) is 11.8 Å². The van der Waals surface area contributed by atoms with E-state index in [1.807, 2.05) is 42.5 Å². The van der Waals surface area contributed by atoms with Gasteiger partial charge in [0.15, 0.2) is 0 Å². The standard InChI is InChI=1S/C27H27N3O4S2/c1-32-20-5-4-18-15-19(7-8-30-9-11-34-12-10-30)25(28-22(18)16-20)21-13-17(3-6-23(21)33-2)14-24-26(31)29-27(35)36-24/h3-6,13-16H,7-12H2,1-2H3,(H,29,31,35)/b24-14-. The minimum atomic E-state index is -0.176. The van der Waals surface area contributed by atoms with E-state index in [0.717, 1.165) is 84.1 Å². The second kappa shape index (κ2) is 11.0. The van der Waals surface area contributed by atoms with Gasteiger partial charge in [0.1, 0.15) is 15.8 Å². The van der Waals surface area contributed by atoms with E-state index in [-0.39, 0.29) is 5.91 Å². The number of thioether (sulfide) groups is 1. The van der Waals surface area contributed by atoms with Crippen LogP contribution in [0.3, 0.4) is 0 Å². The zero-order chi connectivity index (χ0) is 25.1. The van der Waals surface area contributed by atoms with Gasteiger partial charge in [-0.05, 0) is 54.0 Å². The third-order valence-corrected chi connectivity index (χ3v) is 7.49. The number of rotatable bonds is 7. The molecule has 0 unspecified atom stereocenters. The Kier molecular flexibility index (Phi) is 7.52. The van der Waals surface area contributed by atoms with E-state index in [4.69, 9.17) is 31.4 Å². The highest BCUT2D eigenvalue weighted by Crippen LogP contribution is 2.36. The van der Waals surface area contributed by atoms with Crippen LogP contribution in [0, 0.1) is 0 Å². The van der Waals surface area contributed by atoms with Gasteiger partial charge in [0.05, 0.1) is 43.5 Å². The van der Waals surface area contributed by atoms with Crippen LogP contribution in [0.25, 0.3) is 28.2 Å². The fraction of sp³-hybridized carbons (Fsp3) is 0.296. The smallest absolute Gasteiger partial charge is 0.263 e. The van der Waals surface area contributed by atoms with Crippen molar-refractivity contribution in [1.82, 2.24) is 15.2 Å². The molecule has 1 aromatic heterocycles. The predicted octanol–water partition coefficient (Wildman–Crippen LogP) is 4.28. The first kappa shape index (κ1) is 24.7. The first-order valence-electron chi connectivity index (χ1n) is 11.7. The molecule has 3 aromatic rings. The average Bonchev–Trinajstić information content (AvgIpc) is 3.23. The Morgan fingerprint density at radius 1 is 1.14 bits per heavy atom. The summed E-state index contributed by atoms with van der Waals surface area (Å²) in [5.74, 6) is 1.30. The van der Waals surface area contributed by atoms with Crippen LogP contribution in [0.1, 0.15) is 11.1 Å². The second-order valence-corrected chi connectivity index (χ2v) is 10.3. The van der Waals surface area contributed by atoms with Gasteiger partial charge in [-0.15, -0.1) is 0 Å². The summed E-state index contributed by atoms with van der Waals surface area (Å²) in [5.41, 5.74) is 4.59. The van der Waals surface area contributed by atoms with Crippen LogP contribution in [0.15, 0.2) is 47.4 Å². The summed E-state index contributed by atoms with van der Waals surface area (Å²) < 4.78 is 17.2. The summed E-state index contributed by atoms with van der Waals surface area (Å²) in [4.78, 5) is 20.3. The molecule has 2 saturated heterocycles. The number of benzene rings is 2. The van der Waals surface area contributed by atoms with Gasteiger partial charge in [-0.25, -0.2) is 4.98 Å². The molecule has 0 saturated carbocycles. The number of ether oxygens (including phenoxy) is 3. The number of nitrogens with one attached hydrogen (secondary N) is 1. The number of methoxy groups -OCH3 is 2. The van der Waals surface area contributed by atoms with Crippen molar-refractivity contribution in [1.29, 1.82) is 0 Å². The molecule has 2 aromatic carbocycles. The maximum atomic E-state index is 12.2. The summed E-state index contributed by atoms with van der Waals surface area (Å²) in [6.07, 6.45) is 2.69. The molecule has 2 aliphatic rings. The molecule has 186 valence electrons. The van der Waals surface area contributed by atoms with Crippen molar-refractivity contribution < 1.29 is 19.0 Å². The molecule has 3 heterocycles. The van der Waals surface area contributed by atoms with Gasteiger partial charge in [-0.2, -0.15) is 0 Å². The van der Waals surface area contributed by atoms with E-state index in [2.05, 4.69) is 16.3 Å². The highest BCUT2D eigenvalue weighted by Gasteiger charge is 2.23. The molecule has 0 radical (unpaired) electrons. The van der Waals surface area contributed by atoms with E-state index < -0.39 is 0 Å². The Balaban J connectivity index is 1.59. The molecular formula is C27H27N3O4S2. The molecular weight excluding hydrogens is 494 g/mol. The molecule has 7 nitrogen and oxygen atoms in total. The Morgan fingerprint density at radius 2 is 1.97 bits per heavy atom. The van der Waals surface area contributed by atoms with Gasteiger partial charge in [-0.3, -0.25) is 9.69 Å². The van der Waals surface area contributed by atoms with Crippen molar-refractivity contribution in [2.75, 3.05) is 47.1 Å². The van der Waals surface area contributed by atoms with Crippen molar-refractivity contribution in [3.05, 3.63) is 58.5 Å². The Morgan fingerprint density at radius 3 is 2.69 bits per heavy atom. The lowest BCUT2D eigenvalue weighted by Gasteiger charge is -2.27. The molecule has 1 amide bonds. The van der Waals surface area contributed by atoms with Gasteiger partial charge in [0.25, 0.3) is 5.91 Å². The van der Waals surface area contributed by atoms with Crippen molar-refractivity contribution in [2.24, 2.45) is 0 Å². The molecule has 2 aliphatic heterocycles. The largest absolute Gasteiger partial charge is 0.497 e. The first-order valence-corrected chi connectivity index (χ1v) is 13.0. The summed E-state index contributed by atoms with van der Waals surface area (Å²) in [6.45, 7) is 4.31. The number of thiocarbonyl (C=S) groups is 1. The predicted molar refractivity (Wildman–Crippen MR) is 148 cm³/mol. The Bertz CT molecular complexity index is 1350. The molecule has 36 heavy (non-hydrogen) atoms. The summed E-state index contributed by atoms with van der Waals surface area (Å²) >= 11 is 6.40. The molecule has 1 N–H and O–H groups in total. The number of carbonyl (C=O) groups excluding carboxylic acids is 1. The Labute approximate surface area is 219 Å². The quantitative estimate of drug-likeness (QED) is 0.365. The number of aromatic nitrogens is 1. The van der Waals surface area contributed by atoms with Crippen LogP contribution >= 0.6 is 24.0 Å². The lowest BCUT2D eigenvalue weighted by Crippen LogP contribution is -2.37. The normalized spacial score (nSPS) is 17.6.